The lowest BCUT2D eigenvalue weighted by atomic mass is 9.73. The third-order valence-corrected chi connectivity index (χ3v) is 3.58. The van der Waals surface area contributed by atoms with Crippen molar-refractivity contribution in [3.63, 3.8) is 0 Å². The van der Waals surface area contributed by atoms with Crippen LogP contribution in [-0.2, 0) is 0 Å². The third-order valence-electron chi connectivity index (χ3n) is 3.58. The van der Waals surface area contributed by atoms with Gasteiger partial charge in [-0.2, -0.15) is 0 Å². The minimum atomic E-state index is -0.554. The number of piperidine rings is 1. The highest BCUT2D eigenvalue weighted by Gasteiger charge is 2.44. The van der Waals surface area contributed by atoms with E-state index in [9.17, 15) is 10.2 Å². The lowest BCUT2D eigenvalue weighted by Crippen LogP contribution is -2.62. The number of aliphatic hydroxyl groups excluding tert-OH is 2. The Bertz CT molecular complexity index is 172. The van der Waals surface area contributed by atoms with E-state index >= 15 is 0 Å². The Labute approximate surface area is 79.2 Å². The summed E-state index contributed by atoms with van der Waals surface area (Å²) in [4.78, 5) is 0. The first kappa shape index (κ1) is 9.44. The highest BCUT2D eigenvalue weighted by molar-refractivity contribution is 5.02. The smallest absolute Gasteiger partial charge is 0.0979 e. The second-order valence-electron chi connectivity index (χ2n) is 4.44. The summed E-state index contributed by atoms with van der Waals surface area (Å²) < 4.78 is 0. The van der Waals surface area contributed by atoms with Crippen molar-refractivity contribution in [1.82, 2.24) is 5.32 Å². The molecule has 0 aromatic rings. The van der Waals surface area contributed by atoms with E-state index in [-0.39, 0.29) is 5.54 Å². The van der Waals surface area contributed by atoms with Gasteiger partial charge in [0.25, 0.3) is 0 Å². The molecule has 3 atom stereocenters. The second-order valence-corrected chi connectivity index (χ2v) is 4.44. The van der Waals surface area contributed by atoms with Gasteiger partial charge in [0.15, 0.2) is 0 Å². The zero-order valence-electron chi connectivity index (χ0n) is 8.00. The summed E-state index contributed by atoms with van der Waals surface area (Å²) in [6, 6.07) is 0. The van der Waals surface area contributed by atoms with Gasteiger partial charge in [-0.05, 0) is 38.6 Å². The minimum Gasteiger partial charge on any atom is -0.390 e. The molecule has 13 heavy (non-hydrogen) atoms. The summed E-state index contributed by atoms with van der Waals surface area (Å²) in [5.41, 5.74) is -0.157. The zero-order valence-corrected chi connectivity index (χ0v) is 8.00. The monoisotopic (exact) mass is 185 g/mol. The summed E-state index contributed by atoms with van der Waals surface area (Å²) in [6.45, 7) is 0.990. The first-order valence-electron chi connectivity index (χ1n) is 5.36. The Morgan fingerprint density at radius 3 is 2.54 bits per heavy atom. The van der Waals surface area contributed by atoms with Crippen LogP contribution >= 0.6 is 0 Å². The molecule has 2 fully saturated rings. The summed E-state index contributed by atoms with van der Waals surface area (Å²) in [7, 11) is 0. The van der Waals surface area contributed by atoms with Crippen LogP contribution in [0.15, 0.2) is 0 Å². The summed E-state index contributed by atoms with van der Waals surface area (Å²) >= 11 is 0. The molecule has 3 heteroatoms. The summed E-state index contributed by atoms with van der Waals surface area (Å²) in [5.74, 6) is 0. The molecule has 0 unspecified atom stereocenters. The highest BCUT2D eigenvalue weighted by Crippen LogP contribution is 2.34. The van der Waals surface area contributed by atoms with Gasteiger partial charge in [-0.15, -0.1) is 0 Å². The van der Waals surface area contributed by atoms with Crippen LogP contribution in [0.2, 0.25) is 0 Å². The average molecular weight is 185 g/mol. The summed E-state index contributed by atoms with van der Waals surface area (Å²) in [5, 5.41) is 23.0. The molecule has 1 saturated heterocycles. The molecular weight excluding hydrogens is 166 g/mol. The molecule has 1 heterocycles. The largest absolute Gasteiger partial charge is 0.390 e. The predicted molar refractivity (Wildman–Crippen MR) is 50.4 cm³/mol. The number of hydrogen-bond donors (Lipinski definition) is 3. The lowest BCUT2D eigenvalue weighted by molar-refractivity contribution is -0.0785. The van der Waals surface area contributed by atoms with Crippen molar-refractivity contribution in [2.45, 2.75) is 56.3 Å². The molecule has 1 spiro atoms. The van der Waals surface area contributed by atoms with E-state index in [0.29, 0.717) is 0 Å². The van der Waals surface area contributed by atoms with Crippen LogP contribution < -0.4 is 5.32 Å². The molecule has 1 saturated carbocycles. The van der Waals surface area contributed by atoms with Crippen LogP contribution in [-0.4, -0.2) is 34.5 Å². The van der Waals surface area contributed by atoms with Gasteiger partial charge in [0, 0.05) is 5.54 Å². The Morgan fingerprint density at radius 1 is 1.08 bits per heavy atom. The van der Waals surface area contributed by atoms with Crippen molar-refractivity contribution in [3.05, 3.63) is 0 Å². The van der Waals surface area contributed by atoms with E-state index in [1.807, 2.05) is 0 Å². The second kappa shape index (κ2) is 3.56. The Hall–Kier alpha value is -0.120. The van der Waals surface area contributed by atoms with Crippen LogP contribution in [0.3, 0.4) is 0 Å². The van der Waals surface area contributed by atoms with Crippen LogP contribution in [0.5, 0.6) is 0 Å². The molecule has 3 N–H and O–H groups in total. The van der Waals surface area contributed by atoms with Gasteiger partial charge in [0.2, 0.25) is 0 Å². The van der Waals surface area contributed by atoms with Crippen molar-refractivity contribution >= 4 is 0 Å². The van der Waals surface area contributed by atoms with E-state index in [1.54, 1.807) is 0 Å². The van der Waals surface area contributed by atoms with Crippen molar-refractivity contribution in [2.75, 3.05) is 6.54 Å². The molecule has 76 valence electrons. The van der Waals surface area contributed by atoms with Gasteiger partial charge in [-0.1, -0.05) is 6.42 Å². The maximum Gasteiger partial charge on any atom is 0.0979 e. The summed E-state index contributed by atoms with van der Waals surface area (Å²) in [6.07, 6.45) is 5.13. The van der Waals surface area contributed by atoms with Crippen LogP contribution in [0, 0.1) is 0 Å². The first-order valence-corrected chi connectivity index (χ1v) is 5.36. The fourth-order valence-corrected chi connectivity index (χ4v) is 2.76. The van der Waals surface area contributed by atoms with E-state index in [4.69, 9.17) is 0 Å². The lowest BCUT2D eigenvalue weighted by Gasteiger charge is -2.47. The van der Waals surface area contributed by atoms with Crippen molar-refractivity contribution in [1.29, 1.82) is 0 Å². The van der Waals surface area contributed by atoms with Gasteiger partial charge in [0.05, 0.1) is 12.2 Å². The van der Waals surface area contributed by atoms with E-state index in [2.05, 4.69) is 5.32 Å². The van der Waals surface area contributed by atoms with E-state index < -0.39 is 12.2 Å². The Kier molecular flexibility index (Phi) is 2.58. The fraction of sp³-hybridized carbons (Fsp3) is 1.00. The number of nitrogens with one attached hydrogen (secondary N) is 1. The topological polar surface area (TPSA) is 52.5 Å². The molecule has 0 bridgehead atoms. The van der Waals surface area contributed by atoms with Crippen LogP contribution in [0.4, 0.5) is 0 Å². The molecule has 0 radical (unpaired) electrons. The van der Waals surface area contributed by atoms with Crippen molar-refractivity contribution in [3.8, 4) is 0 Å². The molecule has 2 rings (SSSR count). The van der Waals surface area contributed by atoms with Crippen LogP contribution in [0.1, 0.15) is 38.5 Å². The molecule has 2 aliphatic rings. The highest BCUT2D eigenvalue weighted by atomic mass is 16.3. The number of hydrogen-bond acceptors (Lipinski definition) is 3. The quantitative estimate of drug-likeness (QED) is 0.512. The molecule has 0 aromatic carbocycles. The standard InChI is InChI=1S/C10H19NO2/c12-8-4-3-6-10(9(8)13)5-1-2-7-11-10/h8-9,11-13H,1-7H2/t8-,9-,10+/m0/s1. The van der Waals surface area contributed by atoms with Crippen LogP contribution in [0.25, 0.3) is 0 Å². The number of aliphatic hydroxyl groups is 2. The molecule has 1 aliphatic heterocycles. The average Bonchev–Trinajstić information content (AvgIpc) is 2.16. The Morgan fingerprint density at radius 2 is 1.85 bits per heavy atom. The fourth-order valence-electron chi connectivity index (χ4n) is 2.76. The zero-order chi connectivity index (χ0) is 9.31. The maximum absolute atomic E-state index is 9.94. The van der Waals surface area contributed by atoms with E-state index in [1.165, 1.54) is 12.8 Å². The van der Waals surface area contributed by atoms with Crippen molar-refractivity contribution in [2.24, 2.45) is 0 Å². The molecule has 0 aromatic heterocycles. The SMILES string of the molecule is O[C@H]1CCC[C@]2(CCCCN2)[C@H]1O. The normalized spacial score (nSPS) is 46.6. The van der Waals surface area contributed by atoms with Gasteiger partial charge in [-0.3, -0.25) is 0 Å². The minimum absolute atomic E-state index is 0.157. The van der Waals surface area contributed by atoms with Gasteiger partial charge in [-0.25, -0.2) is 0 Å². The molecule has 3 nitrogen and oxygen atoms in total. The van der Waals surface area contributed by atoms with Gasteiger partial charge in [0.1, 0.15) is 0 Å². The maximum atomic E-state index is 9.94. The van der Waals surface area contributed by atoms with Gasteiger partial charge >= 0.3 is 0 Å². The first-order chi connectivity index (χ1) is 6.25. The van der Waals surface area contributed by atoms with Gasteiger partial charge < -0.3 is 15.5 Å². The predicted octanol–water partition coefficient (Wildman–Crippen LogP) is 0.404. The molecule has 1 aliphatic carbocycles. The molecular formula is C10H19NO2. The van der Waals surface area contributed by atoms with E-state index in [0.717, 1.165) is 32.2 Å². The Balaban J connectivity index is 2.09. The van der Waals surface area contributed by atoms with Crippen molar-refractivity contribution < 1.29 is 10.2 Å². The number of rotatable bonds is 0. The molecule has 0 amide bonds. The third kappa shape index (κ3) is 1.60.